The van der Waals surface area contributed by atoms with Crippen molar-refractivity contribution < 1.29 is 9.69 Å². The molecule has 1 heterocycles. The summed E-state index contributed by atoms with van der Waals surface area (Å²) in [7, 11) is 0. The molecule has 0 amide bonds. The van der Waals surface area contributed by atoms with Crippen LogP contribution in [-0.4, -0.2) is 24.9 Å². The summed E-state index contributed by atoms with van der Waals surface area (Å²) in [6, 6.07) is 9.72. The molecule has 1 N–H and O–H groups in total. The molecule has 0 unspecified atom stereocenters. The van der Waals surface area contributed by atoms with Gasteiger partial charge in [-0.2, -0.15) is 0 Å². The topological polar surface area (TPSA) is 21.5 Å². The lowest BCUT2D eigenvalue weighted by molar-refractivity contribution is -0.919. The van der Waals surface area contributed by atoms with E-state index in [1.807, 2.05) is 36.4 Å². The number of hydrogen-bond acceptors (Lipinski definition) is 1. The first kappa shape index (κ1) is 13.0. The molecule has 18 heavy (non-hydrogen) atoms. The average molecular weight is 244 g/mol. The lowest BCUT2D eigenvalue weighted by Gasteiger charge is -2.30. The maximum atomic E-state index is 12.6. The van der Waals surface area contributed by atoms with Crippen molar-refractivity contribution in [3.8, 4) is 0 Å². The molecule has 0 spiro atoms. The highest BCUT2D eigenvalue weighted by Gasteiger charge is 2.30. The molecule has 1 atom stereocenters. The fourth-order valence-electron chi connectivity index (χ4n) is 2.78. The summed E-state index contributed by atoms with van der Waals surface area (Å²) in [6.07, 6.45) is 6.45. The van der Waals surface area contributed by atoms with Crippen LogP contribution >= 0.6 is 0 Å². The van der Waals surface area contributed by atoms with E-state index in [2.05, 4.69) is 6.58 Å². The van der Waals surface area contributed by atoms with Gasteiger partial charge < -0.3 is 4.90 Å². The Bertz CT molecular complexity index is 393. The Balaban J connectivity index is 2.13. The third kappa shape index (κ3) is 3.08. The molecule has 1 fully saturated rings. The van der Waals surface area contributed by atoms with Crippen molar-refractivity contribution in [1.29, 1.82) is 0 Å². The average Bonchev–Trinajstić information content (AvgIpc) is 2.46. The Morgan fingerprint density at radius 2 is 1.89 bits per heavy atom. The van der Waals surface area contributed by atoms with E-state index in [4.69, 9.17) is 0 Å². The van der Waals surface area contributed by atoms with Gasteiger partial charge >= 0.3 is 0 Å². The molecule has 0 radical (unpaired) electrons. The van der Waals surface area contributed by atoms with Crippen LogP contribution in [0.3, 0.4) is 0 Å². The van der Waals surface area contributed by atoms with Crippen molar-refractivity contribution in [3.63, 3.8) is 0 Å². The summed E-state index contributed by atoms with van der Waals surface area (Å²) in [5.41, 5.74) is 0.836. The minimum Gasteiger partial charge on any atom is -0.326 e. The maximum absolute atomic E-state index is 12.6. The highest BCUT2D eigenvalue weighted by molar-refractivity contribution is 5.99. The minimum atomic E-state index is 0.0604. The van der Waals surface area contributed by atoms with Crippen LogP contribution in [0.5, 0.6) is 0 Å². The van der Waals surface area contributed by atoms with Gasteiger partial charge in [0.25, 0.3) is 0 Å². The molecule has 2 rings (SSSR count). The van der Waals surface area contributed by atoms with E-state index < -0.39 is 0 Å². The smallest absolute Gasteiger partial charge is 0.220 e. The van der Waals surface area contributed by atoms with Gasteiger partial charge in [-0.3, -0.25) is 4.79 Å². The Morgan fingerprint density at radius 3 is 2.50 bits per heavy atom. The quantitative estimate of drug-likeness (QED) is 0.620. The van der Waals surface area contributed by atoms with Crippen LogP contribution in [0.1, 0.15) is 36.0 Å². The molecule has 96 valence electrons. The number of carbonyl (C=O) groups excluding carboxylic acids is 1. The second-order valence-electron chi connectivity index (χ2n) is 5.03. The van der Waals surface area contributed by atoms with Crippen LogP contribution < -0.4 is 4.90 Å². The zero-order valence-electron chi connectivity index (χ0n) is 10.9. The van der Waals surface area contributed by atoms with Gasteiger partial charge in [0, 0.05) is 12.0 Å². The normalized spacial score (nSPS) is 18.2. The van der Waals surface area contributed by atoms with Crippen molar-refractivity contribution in [1.82, 2.24) is 0 Å². The zero-order chi connectivity index (χ0) is 12.8. The SMILES string of the molecule is C=CC[C@H](C(=O)c1ccccc1)[NH+]1CCCCC1. The molecule has 0 aliphatic carbocycles. The summed E-state index contributed by atoms with van der Waals surface area (Å²) in [6.45, 7) is 6.05. The number of hydrogen-bond donors (Lipinski definition) is 1. The van der Waals surface area contributed by atoms with Crippen LogP contribution in [0.25, 0.3) is 0 Å². The van der Waals surface area contributed by atoms with E-state index in [0.717, 1.165) is 25.1 Å². The monoisotopic (exact) mass is 244 g/mol. The van der Waals surface area contributed by atoms with E-state index in [1.54, 1.807) is 0 Å². The summed E-state index contributed by atoms with van der Waals surface area (Å²) in [4.78, 5) is 14.0. The first-order chi connectivity index (χ1) is 8.83. The molecule has 2 heteroatoms. The molecule has 1 aliphatic rings. The number of Topliss-reactive ketones (excluding diaryl/α,β-unsaturated/α-hetero) is 1. The van der Waals surface area contributed by atoms with E-state index in [0.29, 0.717) is 0 Å². The molecule has 0 bridgehead atoms. The minimum absolute atomic E-state index is 0.0604. The van der Waals surface area contributed by atoms with Gasteiger partial charge in [-0.1, -0.05) is 36.4 Å². The molecule has 1 aromatic rings. The number of likely N-dealkylation sites (tertiary alicyclic amines) is 1. The predicted octanol–water partition coefficient (Wildman–Crippen LogP) is 1.88. The molecule has 1 aliphatic heterocycles. The van der Waals surface area contributed by atoms with Gasteiger partial charge in [-0.05, 0) is 19.3 Å². The highest BCUT2D eigenvalue weighted by Crippen LogP contribution is 2.06. The molecular formula is C16H22NO+. The predicted molar refractivity (Wildman–Crippen MR) is 73.9 cm³/mol. The molecule has 1 saturated heterocycles. The summed E-state index contributed by atoms with van der Waals surface area (Å²) >= 11 is 0. The maximum Gasteiger partial charge on any atom is 0.220 e. The van der Waals surface area contributed by atoms with Gasteiger partial charge in [0.2, 0.25) is 5.78 Å². The second-order valence-corrected chi connectivity index (χ2v) is 5.03. The third-order valence-corrected chi connectivity index (χ3v) is 3.77. The van der Waals surface area contributed by atoms with Crippen molar-refractivity contribution in [3.05, 3.63) is 48.6 Å². The van der Waals surface area contributed by atoms with E-state index in [-0.39, 0.29) is 11.8 Å². The lowest BCUT2D eigenvalue weighted by atomic mass is 9.98. The number of carbonyl (C=O) groups is 1. The summed E-state index contributed by atoms with van der Waals surface area (Å²) in [5.74, 6) is 0.271. The van der Waals surface area contributed by atoms with E-state index in [1.165, 1.54) is 24.2 Å². The largest absolute Gasteiger partial charge is 0.326 e. The number of benzene rings is 1. The number of piperidine rings is 1. The molecule has 0 aromatic heterocycles. The van der Waals surface area contributed by atoms with Gasteiger partial charge in [-0.25, -0.2) is 0 Å². The number of quaternary nitrogens is 1. The Kier molecular flexibility index (Phi) is 4.71. The van der Waals surface area contributed by atoms with Crippen LogP contribution in [0.4, 0.5) is 0 Å². The Hall–Kier alpha value is -1.41. The van der Waals surface area contributed by atoms with Gasteiger partial charge in [0.1, 0.15) is 0 Å². The Labute approximate surface area is 109 Å². The Morgan fingerprint density at radius 1 is 1.22 bits per heavy atom. The first-order valence-corrected chi connectivity index (χ1v) is 6.87. The molecule has 1 aromatic carbocycles. The highest BCUT2D eigenvalue weighted by atomic mass is 16.1. The standard InChI is InChI=1S/C16H21NO/c1-2-9-15(17-12-7-4-8-13-17)16(18)14-10-5-3-6-11-14/h2-3,5-6,10-11,15H,1,4,7-9,12-13H2/p+1/t15-/m1/s1. The lowest BCUT2D eigenvalue weighted by Crippen LogP contribution is -3.17. The van der Waals surface area contributed by atoms with Crippen LogP contribution in [0.15, 0.2) is 43.0 Å². The summed E-state index contributed by atoms with van der Waals surface area (Å²) in [5, 5.41) is 0. The number of nitrogens with one attached hydrogen (secondary N) is 1. The van der Waals surface area contributed by atoms with Gasteiger partial charge in [0.15, 0.2) is 6.04 Å². The van der Waals surface area contributed by atoms with Crippen molar-refractivity contribution in [2.45, 2.75) is 31.7 Å². The fourth-order valence-corrected chi connectivity index (χ4v) is 2.78. The van der Waals surface area contributed by atoms with Crippen molar-refractivity contribution >= 4 is 5.78 Å². The molecular weight excluding hydrogens is 222 g/mol. The molecule has 0 saturated carbocycles. The van der Waals surface area contributed by atoms with Crippen LogP contribution in [0, 0.1) is 0 Å². The van der Waals surface area contributed by atoms with Crippen molar-refractivity contribution in [2.75, 3.05) is 13.1 Å². The van der Waals surface area contributed by atoms with Gasteiger partial charge in [0.05, 0.1) is 13.1 Å². The third-order valence-electron chi connectivity index (χ3n) is 3.77. The zero-order valence-corrected chi connectivity index (χ0v) is 10.9. The molecule has 2 nitrogen and oxygen atoms in total. The van der Waals surface area contributed by atoms with Crippen molar-refractivity contribution in [2.24, 2.45) is 0 Å². The van der Waals surface area contributed by atoms with Crippen LogP contribution in [0.2, 0.25) is 0 Å². The van der Waals surface area contributed by atoms with E-state index in [9.17, 15) is 4.79 Å². The number of rotatable bonds is 5. The first-order valence-electron chi connectivity index (χ1n) is 6.87. The second kappa shape index (κ2) is 6.50. The van der Waals surface area contributed by atoms with E-state index >= 15 is 0 Å². The van der Waals surface area contributed by atoms with Gasteiger partial charge in [-0.15, -0.1) is 6.58 Å². The number of ketones is 1. The van der Waals surface area contributed by atoms with Crippen LogP contribution in [-0.2, 0) is 0 Å². The fraction of sp³-hybridized carbons (Fsp3) is 0.438. The summed E-state index contributed by atoms with van der Waals surface area (Å²) < 4.78 is 0.